The standard InChI is InChI=1S/C7H10FN/c1-2-4-9-5-3-7(8)6-9/h1,7H,3-6H2/t7-/m1/s1. The highest BCUT2D eigenvalue weighted by Crippen LogP contribution is 2.10. The number of halogens is 1. The molecule has 0 aromatic carbocycles. The van der Waals surface area contributed by atoms with Crippen LogP contribution in [0.25, 0.3) is 0 Å². The SMILES string of the molecule is C#CCN1CC[C@@H](F)C1. The third-order valence-corrected chi connectivity index (χ3v) is 1.53. The van der Waals surface area contributed by atoms with Crippen LogP contribution in [0.2, 0.25) is 0 Å². The monoisotopic (exact) mass is 127 g/mol. The largest absolute Gasteiger partial charge is 0.289 e. The highest BCUT2D eigenvalue weighted by atomic mass is 19.1. The maximum absolute atomic E-state index is 12.4. The van der Waals surface area contributed by atoms with E-state index in [0.29, 0.717) is 19.5 Å². The van der Waals surface area contributed by atoms with Crippen LogP contribution in [0.3, 0.4) is 0 Å². The lowest BCUT2D eigenvalue weighted by atomic mass is 10.3. The van der Waals surface area contributed by atoms with Crippen molar-refractivity contribution in [3.05, 3.63) is 0 Å². The lowest BCUT2D eigenvalue weighted by Crippen LogP contribution is -2.20. The van der Waals surface area contributed by atoms with Gasteiger partial charge in [-0.3, -0.25) is 4.90 Å². The summed E-state index contributed by atoms with van der Waals surface area (Å²) in [6, 6.07) is 0. The van der Waals surface area contributed by atoms with Crippen LogP contribution in [-0.2, 0) is 0 Å². The Labute approximate surface area is 54.8 Å². The molecule has 0 unspecified atom stereocenters. The molecule has 0 aromatic rings. The Balaban J connectivity index is 2.24. The number of likely N-dealkylation sites (tertiary alicyclic amines) is 1. The fourth-order valence-electron chi connectivity index (χ4n) is 1.06. The van der Waals surface area contributed by atoms with E-state index in [0.717, 1.165) is 6.54 Å². The van der Waals surface area contributed by atoms with Crippen molar-refractivity contribution in [1.82, 2.24) is 4.90 Å². The number of rotatable bonds is 1. The summed E-state index contributed by atoms with van der Waals surface area (Å²) in [5.41, 5.74) is 0. The molecule has 1 aliphatic heterocycles. The van der Waals surface area contributed by atoms with Crippen molar-refractivity contribution in [3.63, 3.8) is 0 Å². The van der Waals surface area contributed by atoms with E-state index >= 15 is 0 Å². The Kier molecular flexibility index (Phi) is 2.07. The lowest BCUT2D eigenvalue weighted by Gasteiger charge is -2.08. The Morgan fingerprint density at radius 2 is 2.56 bits per heavy atom. The van der Waals surface area contributed by atoms with Gasteiger partial charge in [-0.15, -0.1) is 6.42 Å². The van der Waals surface area contributed by atoms with Crippen molar-refractivity contribution in [1.29, 1.82) is 0 Å². The van der Waals surface area contributed by atoms with Gasteiger partial charge in [0.05, 0.1) is 6.54 Å². The van der Waals surface area contributed by atoms with Gasteiger partial charge in [0.2, 0.25) is 0 Å². The first-order chi connectivity index (χ1) is 4.33. The normalized spacial score (nSPS) is 28.2. The fourth-order valence-corrected chi connectivity index (χ4v) is 1.06. The molecular formula is C7H10FN. The number of nitrogens with zero attached hydrogens (tertiary/aromatic N) is 1. The minimum atomic E-state index is -0.640. The molecule has 1 fully saturated rings. The third kappa shape index (κ3) is 1.69. The van der Waals surface area contributed by atoms with Crippen LogP contribution in [-0.4, -0.2) is 30.7 Å². The molecule has 1 atom stereocenters. The van der Waals surface area contributed by atoms with Gasteiger partial charge in [-0.1, -0.05) is 5.92 Å². The molecular weight excluding hydrogens is 117 g/mol. The Morgan fingerprint density at radius 3 is 3.00 bits per heavy atom. The van der Waals surface area contributed by atoms with Crippen molar-refractivity contribution in [2.75, 3.05) is 19.6 Å². The third-order valence-electron chi connectivity index (χ3n) is 1.53. The molecule has 0 saturated carbocycles. The molecule has 9 heavy (non-hydrogen) atoms. The molecule has 0 aromatic heterocycles. The summed E-state index contributed by atoms with van der Waals surface area (Å²) < 4.78 is 12.4. The summed E-state index contributed by atoms with van der Waals surface area (Å²) >= 11 is 0. The van der Waals surface area contributed by atoms with Crippen LogP contribution in [0.4, 0.5) is 4.39 Å². The lowest BCUT2D eigenvalue weighted by molar-refractivity contribution is 0.308. The van der Waals surface area contributed by atoms with E-state index in [1.54, 1.807) is 0 Å². The van der Waals surface area contributed by atoms with Crippen LogP contribution in [0.5, 0.6) is 0 Å². The molecule has 1 rings (SSSR count). The average molecular weight is 127 g/mol. The zero-order valence-corrected chi connectivity index (χ0v) is 5.31. The van der Waals surface area contributed by atoms with E-state index in [1.807, 2.05) is 4.90 Å². The summed E-state index contributed by atoms with van der Waals surface area (Å²) in [5.74, 6) is 2.49. The maximum Gasteiger partial charge on any atom is 0.114 e. The predicted octanol–water partition coefficient (Wildman–Crippen LogP) is 0.663. The second-order valence-electron chi connectivity index (χ2n) is 2.33. The summed E-state index contributed by atoms with van der Waals surface area (Å²) in [6.07, 6.45) is 5.05. The van der Waals surface area contributed by atoms with Gasteiger partial charge < -0.3 is 0 Å². The van der Waals surface area contributed by atoms with E-state index in [-0.39, 0.29) is 0 Å². The topological polar surface area (TPSA) is 3.24 Å². The number of terminal acetylenes is 1. The van der Waals surface area contributed by atoms with Gasteiger partial charge >= 0.3 is 0 Å². The van der Waals surface area contributed by atoms with Crippen molar-refractivity contribution < 1.29 is 4.39 Å². The first-order valence-corrected chi connectivity index (χ1v) is 3.13. The maximum atomic E-state index is 12.4. The van der Waals surface area contributed by atoms with Crippen LogP contribution in [0.1, 0.15) is 6.42 Å². The van der Waals surface area contributed by atoms with Gasteiger partial charge in [0, 0.05) is 13.1 Å². The van der Waals surface area contributed by atoms with Gasteiger partial charge in [0.25, 0.3) is 0 Å². The van der Waals surface area contributed by atoms with E-state index in [2.05, 4.69) is 5.92 Å². The second kappa shape index (κ2) is 2.84. The van der Waals surface area contributed by atoms with Crippen LogP contribution >= 0.6 is 0 Å². The molecule has 0 amide bonds. The summed E-state index contributed by atoms with van der Waals surface area (Å²) in [5, 5.41) is 0. The Hall–Kier alpha value is -0.550. The van der Waals surface area contributed by atoms with E-state index in [9.17, 15) is 4.39 Å². The van der Waals surface area contributed by atoms with E-state index in [1.165, 1.54) is 0 Å². The molecule has 0 radical (unpaired) electrons. The molecule has 1 aliphatic rings. The van der Waals surface area contributed by atoms with Crippen molar-refractivity contribution in [3.8, 4) is 12.3 Å². The van der Waals surface area contributed by atoms with Crippen LogP contribution < -0.4 is 0 Å². The quantitative estimate of drug-likeness (QED) is 0.468. The van der Waals surface area contributed by atoms with Crippen LogP contribution in [0.15, 0.2) is 0 Å². The van der Waals surface area contributed by atoms with Crippen LogP contribution in [0, 0.1) is 12.3 Å². The minimum absolute atomic E-state index is 0.532. The molecule has 1 nitrogen and oxygen atoms in total. The first-order valence-electron chi connectivity index (χ1n) is 3.13. The van der Waals surface area contributed by atoms with E-state index < -0.39 is 6.17 Å². The number of hydrogen-bond donors (Lipinski definition) is 0. The molecule has 0 N–H and O–H groups in total. The molecule has 0 bridgehead atoms. The van der Waals surface area contributed by atoms with Gasteiger partial charge in [0.1, 0.15) is 6.17 Å². The Morgan fingerprint density at radius 1 is 1.78 bits per heavy atom. The summed E-state index contributed by atoms with van der Waals surface area (Å²) in [4.78, 5) is 1.95. The van der Waals surface area contributed by atoms with Gasteiger partial charge in [-0.25, -0.2) is 4.39 Å². The van der Waals surface area contributed by atoms with Crippen molar-refractivity contribution >= 4 is 0 Å². The highest BCUT2D eigenvalue weighted by molar-refractivity contribution is 4.90. The smallest absolute Gasteiger partial charge is 0.114 e. The summed E-state index contributed by atoms with van der Waals surface area (Å²) in [6.45, 7) is 1.95. The van der Waals surface area contributed by atoms with Crippen molar-refractivity contribution in [2.45, 2.75) is 12.6 Å². The van der Waals surface area contributed by atoms with Gasteiger partial charge in [-0.05, 0) is 6.42 Å². The molecule has 2 heteroatoms. The molecule has 0 spiro atoms. The molecule has 1 heterocycles. The highest BCUT2D eigenvalue weighted by Gasteiger charge is 2.19. The second-order valence-corrected chi connectivity index (χ2v) is 2.33. The molecule has 1 saturated heterocycles. The predicted molar refractivity (Wildman–Crippen MR) is 34.8 cm³/mol. The van der Waals surface area contributed by atoms with Crippen molar-refractivity contribution in [2.24, 2.45) is 0 Å². The Bertz CT molecular complexity index is 127. The molecule has 0 aliphatic carbocycles. The van der Waals surface area contributed by atoms with Gasteiger partial charge in [-0.2, -0.15) is 0 Å². The van der Waals surface area contributed by atoms with E-state index in [4.69, 9.17) is 6.42 Å². The fraction of sp³-hybridized carbons (Fsp3) is 0.714. The zero-order valence-electron chi connectivity index (χ0n) is 5.31. The summed E-state index contributed by atoms with van der Waals surface area (Å²) in [7, 11) is 0. The average Bonchev–Trinajstić information content (AvgIpc) is 2.17. The van der Waals surface area contributed by atoms with Gasteiger partial charge in [0.15, 0.2) is 0 Å². The number of hydrogen-bond acceptors (Lipinski definition) is 1. The molecule has 50 valence electrons. The number of alkyl halides is 1. The minimum Gasteiger partial charge on any atom is -0.289 e. The first kappa shape index (κ1) is 6.57. The zero-order chi connectivity index (χ0) is 6.69.